The van der Waals surface area contributed by atoms with Crippen LogP contribution in [0, 0.1) is 41.5 Å². The summed E-state index contributed by atoms with van der Waals surface area (Å²) in [5.74, 6) is 0. The summed E-state index contributed by atoms with van der Waals surface area (Å²) in [6.45, 7) is 28.8. The molecule has 0 aliphatic heterocycles. The van der Waals surface area contributed by atoms with Crippen molar-refractivity contribution in [1.29, 1.82) is 0 Å². The lowest BCUT2D eigenvalue weighted by atomic mass is 10.1. The van der Waals surface area contributed by atoms with Gasteiger partial charge in [0.2, 0.25) is 0 Å². The first-order valence-electron chi connectivity index (χ1n) is 15.4. The van der Waals surface area contributed by atoms with E-state index in [0.29, 0.717) is 0 Å². The predicted octanol–water partition coefficient (Wildman–Crippen LogP) is 11.2. The van der Waals surface area contributed by atoms with Crippen LogP contribution in [0.5, 0.6) is 0 Å². The van der Waals surface area contributed by atoms with Crippen LogP contribution in [0.2, 0.25) is 8.55 Å². The molecule has 0 atom stereocenters. The lowest BCUT2D eigenvalue weighted by Crippen LogP contribution is -2.38. The van der Waals surface area contributed by atoms with E-state index in [9.17, 15) is 0 Å². The third-order valence-corrected chi connectivity index (χ3v) is 16.5. The number of benzene rings is 4. The van der Waals surface area contributed by atoms with E-state index in [-0.39, 0.29) is 8.55 Å². The lowest BCUT2D eigenvalue weighted by molar-refractivity contribution is 0.654. The van der Waals surface area contributed by atoms with Crippen molar-refractivity contribution in [2.75, 3.05) is 0 Å². The number of aryl methyl sites for hydroxylation is 6. The molecule has 0 spiro atoms. The average molecular weight is 589 g/mol. The minimum Gasteiger partial charge on any atom is -0.0939 e. The molecule has 2 heteroatoms. The fraction of sp³-hybridized carbons (Fsp3) is 0.350. The monoisotopic (exact) mass is 588 g/mol. The van der Waals surface area contributed by atoms with Crippen LogP contribution in [0.15, 0.2) is 84.9 Å². The Morgan fingerprint density at radius 2 is 0.833 bits per heavy atom. The van der Waals surface area contributed by atoms with Crippen molar-refractivity contribution in [1.82, 2.24) is 0 Å². The van der Waals surface area contributed by atoms with E-state index >= 15 is 0 Å². The molecule has 4 aromatic rings. The third kappa shape index (κ3) is 6.87. The second-order valence-electron chi connectivity index (χ2n) is 14.5. The normalized spacial score (nSPS) is 12.9. The van der Waals surface area contributed by atoms with E-state index in [1.807, 2.05) is 0 Å². The molecule has 0 saturated carbocycles. The Kier molecular flexibility index (Phi) is 9.80. The second-order valence-corrected chi connectivity index (χ2v) is 21.4. The summed E-state index contributed by atoms with van der Waals surface area (Å²) >= 11 is -1.67. The van der Waals surface area contributed by atoms with Crippen molar-refractivity contribution in [3.8, 4) is 0 Å². The number of hydrogen-bond acceptors (Lipinski definition) is 0. The first-order valence-corrected chi connectivity index (χ1v) is 18.5. The molecular weight excluding hydrogens is 538 g/mol. The van der Waals surface area contributed by atoms with Crippen LogP contribution in [0.3, 0.4) is 0 Å². The first kappa shape index (κ1) is 32.5. The molecule has 0 aliphatic rings. The van der Waals surface area contributed by atoms with E-state index in [1.54, 1.807) is 9.75 Å². The predicted molar refractivity (Wildman–Crippen MR) is 192 cm³/mol. The second kappa shape index (κ2) is 12.7. The zero-order valence-corrected chi connectivity index (χ0v) is 30.2. The lowest BCUT2D eigenvalue weighted by Gasteiger charge is -2.41. The molecule has 0 N–H and O–H groups in total. The Labute approximate surface area is 262 Å². The molecule has 0 radical (unpaired) electrons. The van der Waals surface area contributed by atoms with Crippen molar-refractivity contribution in [2.45, 2.75) is 91.6 Å². The van der Waals surface area contributed by atoms with E-state index in [2.05, 4.69) is 168 Å². The van der Waals surface area contributed by atoms with Crippen LogP contribution >= 0.6 is 7.92 Å². The SMILES string of the molecule is Cc1cc(C)c(P(/C(=[C](/c2ccccc2)[Al]([C](C)(C)C)[C](C)(C)C)c2ccccc2)c2c(C)cc(C)cc2C)c(C)c1. The zero-order chi connectivity index (χ0) is 31.0. The minimum atomic E-state index is -1.67. The fourth-order valence-corrected chi connectivity index (χ4v) is 16.8. The molecule has 218 valence electrons. The summed E-state index contributed by atoms with van der Waals surface area (Å²) in [4.78, 5) is 0. The molecule has 0 aromatic heterocycles. The maximum absolute atomic E-state index is 2.49. The van der Waals surface area contributed by atoms with Crippen molar-refractivity contribution < 1.29 is 0 Å². The molecule has 0 nitrogen and oxygen atoms in total. The summed E-state index contributed by atoms with van der Waals surface area (Å²) in [6, 6.07) is 32.4. The Hall–Kier alpha value is -2.42. The van der Waals surface area contributed by atoms with Crippen molar-refractivity contribution in [3.63, 3.8) is 0 Å². The van der Waals surface area contributed by atoms with Crippen LogP contribution in [0.25, 0.3) is 9.75 Å². The Balaban J connectivity index is 2.35. The van der Waals surface area contributed by atoms with Gasteiger partial charge in [-0.2, -0.15) is 0 Å². The zero-order valence-electron chi connectivity index (χ0n) is 28.1. The molecule has 4 rings (SSSR count). The largest absolute Gasteiger partial charge is 0.319 e. The van der Waals surface area contributed by atoms with Gasteiger partial charge >= 0.3 is 14.1 Å². The van der Waals surface area contributed by atoms with Gasteiger partial charge in [-0.3, -0.25) is 0 Å². The maximum atomic E-state index is 2.49. The quantitative estimate of drug-likeness (QED) is 0.119. The molecule has 0 saturated heterocycles. The summed E-state index contributed by atoms with van der Waals surface area (Å²) < 4.78 is 1.99. The van der Waals surface area contributed by atoms with Crippen LogP contribution in [0.4, 0.5) is 0 Å². The highest BCUT2D eigenvalue weighted by Crippen LogP contribution is 2.59. The van der Waals surface area contributed by atoms with E-state index in [4.69, 9.17) is 0 Å². The van der Waals surface area contributed by atoms with Crippen LogP contribution < -0.4 is 10.6 Å². The van der Waals surface area contributed by atoms with Gasteiger partial charge in [0.15, 0.2) is 0 Å². The van der Waals surface area contributed by atoms with Gasteiger partial charge < -0.3 is 0 Å². The molecule has 0 heterocycles. The smallest absolute Gasteiger partial charge is 0.0939 e. The Morgan fingerprint density at radius 3 is 1.17 bits per heavy atom. The Morgan fingerprint density at radius 1 is 0.500 bits per heavy atom. The van der Waals surface area contributed by atoms with Gasteiger partial charge in [0.25, 0.3) is 0 Å². The molecular formula is C40H50AlP. The summed E-state index contributed by atoms with van der Waals surface area (Å²) in [5.41, 5.74) is 11.1. The molecule has 0 amide bonds. The van der Waals surface area contributed by atoms with Gasteiger partial charge in [0, 0.05) is 0 Å². The summed E-state index contributed by atoms with van der Waals surface area (Å²) in [5, 5.41) is 4.60. The van der Waals surface area contributed by atoms with Gasteiger partial charge in [-0.25, -0.2) is 0 Å². The van der Waals surface area contributed by atoms with Crippen LogP contribution in [-0.2, 0) is 0 Å². The van der Waals surface area contributed by atoms with Gasteiger partial charge in [-0.1, -0.05) is 151 Å². The molecule has 0 fully saturated rings. The molecule has 4 aromatic carbocycles. The summed E-state index contributed by atoms with van der Waals surface area (Å²) in [7, 11) is -0.874. The van der Waals surface area contributed by atoms with Crippen LogP contribution in [-0.4, -0.2) is 14.1 Å². The summed E-state index contributed by atoms with van der Waals surface area (Å²) in [6.07, 6.45) is 0. The maximum Gasteiger partial charge on any atom is 0.319 e. The molecule has 42 heavy (non-hydrogen) atoms. The Bertz CT molecular complexity index is 1460. The van der Waals surface area contributed by atoms with E-state index in [0.717, 1.165) is 0 Å². The molecule has 0 unspecified atom stereocenters. The van der Waals surface area contributed by atoms with Crippen molar-refractivity contribution in [3.05, 3.63) is 129 Å². The highest BCUT2D eigenvalue weighted by molar-refractivity contribution is 7.83. The van der Waals surface area contributed by atoms with Gasteiger partial charge in [0.05, 0.1) is 0 Å². The number of hydrogen-bond donors (Lipinski definition) is 0. The fourth-order valence-electron chi connectivity index (χ4n) is 7.61. The third-order valence-electron chi connectivity index (χ3n) is 8.35. The van der Waals surface area contributed by atoms with E-state index in [1.165, 1.54) is 55.1 Å². The van der Waals surface area contributed by atoms with Crippen LogP contribution in [0.1, 0.15) is 86.1 Å². The van der Waals surface area contributed by atoms with Crippen molar-refractivity contribution in [2.24, 2.45) is 0 Å². The standard InChI is InChI=1S/C32H32P.2C4H9.Al/c1-22-17-24(3)31(25(4)18-22)33(32-26(5)19-23(2)20-27(32)6)30(29-15-11-8-12-16-29)21-28-13-9-7-10-14-28;2*1-4(2)3;/h7-20H,1-6H3;2*1-3H3;. The molecule has 0 bridgehead atoms. The molecule has 0 aliphatic carbocycles. The first-order chi connectivity index (χ1) is 19.6. The highest BCUT2D eigenvalue weighted by Gasteiger charge is 2.47. The topological polar surface area (TPSA) is 0 Å². The van der Waals surface area contributed by atoms with Crippen molar-refractivity contribution >= 4 is 42.4 Å². The van der Waals surface area contributed by atoms with Gasteiger partial charge in [0.1, 0.15) is 0 Å². The average Bonchev–Trinajstić information content (AvgIpc) is 2.86. The minimum absolute atomic E-state index is 0.180. The van der Waals surface area contributed by atoms with Gasteiger partial charge in [-0.15, -0.1) is 0 Å². The number of rotatable bonds is 6. The van der Waals surface area contributed by atoms with E-state index < -0.39 is 22.1 Å². The highest BCUT2D eigenvalue weighted by atomic mass is 31.1. The van der Waals surface area contributed by atoms with Gasteiger partial charge in [-0.05, 0) is 98.8 Å².